The average molecular weight is 288 g/mol. The van der Waals surface area contributed by atoms with Crippen LogP contribution in [0.3, 0.4) is 0 Å². The summed E-state index contributed by atoms with van der Waals surface area (Å²) in [5.74, 6) is 0.967. The third kappa shape index (κ3) is 4.06. The summed E-state index contributed by atoms with van der Waals surface area (Å²) in [5, 5.41) is 3.46. The van der Waals surface area contributed by atoms with Crippen LogP contribution in [-0.2, 0) is 31.5 Å². The maximum Gasteiger partial charge on any atom is 0.204 e. The Bertz CT molecular complexity index is 577. The summed E-state index contributed by atoms with van der Waals surface area (Å²) < 4.78 is 7.27. The number of methoxy groups -OCH3 is 1. The van der Waals surface area contributed by atoms with Gasteiger partial charge in [0, 0.05) is 41.3 Å². The lowest BCUT2D eigenvalue weighted by Gasteiger charge is -2.13. The normalized spacial score (nSPS) is 10.9. The van der Waals surface area contributed by atoms with Crippen molar-refractivity contribution >= 4 is 5.95 Å². The maximum absolute atomic E-state index is 5.16. The summed E-state index contributed by atoms with van der Waals surface area (Å²) in [6.45, 7) is 2.29. The van der Waals surface area contributed by atoms with Crippen molar-refractivity contribution in [3.8, 4) is 0 Å². The third-order valence-electron chi connectivity index (χ3n) is 3.40. The van der Waals surface area contributed by atoms with Crippen LogP contribution in [-0.4, -0.2) is 30.8 Å². The van der Waals surface area contributed by atoms with Crippen LogP contribution in [0.15, 0.2) is 30.5 Å². The number of rotatable bonds is 7. The van der Waals surface area contributed by atoms with Crippen molar-refractivity contribution in [3.63, 3.8) is 0 Å². The lowest BCUT2D eigenvalue weighted by Crippen LogP contribution is -2.18. The monoisotopic (exact) mass is 288 g/mol. The summed E-state index contributed by atoms with van der Waals surface area (Å²) >= 11 is 0. The lowest BCUT2D eigenvalue weighted by atomic mass is 10.1. The van der Waals surface area contributed by atoms with E-state index in [0.717, 1.165) is 19.0 Å². The first-order chi connectivity index (χ1) is 10.1. The molecule has 0 unspecified atom stereocenters. The largest absolute Gasteiger partial charge is 0.380 e. The molecule has 1 N–H and O–H groups in total. The zero-order valence-electron chi connectivity index (χ0n) is 13.3. The van der Waals surface area contributed by atoms with Gasteiger partial charge in [-0.25, -0.2) is 4.98 Å². The van der Waals surface area contributed by atoms with Crippen LogP contribution in [0, 0.1) is 0 Å². The maximum atomic E-state index is 5.16. The molecule has 0 aliphatic rings. The summed E-state index contributed by atoms with van der Waals surface area (Å²) in [6.07, 6.45) is 1.92. The van der Waals surface area contributed by atoms with E-state index in [4.69, 9.17) is 4.74 Å². The minimum atomic E-state index is 0.655. The van der Waals surface area contributed by atoms with Gasteiger partial charge in [0.2, 0.25) is 5.95 Å². The number of nitrogens with one attached hydrogen (secondary N) is 1. The van der Waals surface area contributed by atoms with Gasteiger partial charge in [0.15, 0.2) is 0 Å². The van der Waals surface area contributed by atoms with Crippen molar-refractivity contribution in [2.24, 2.45) is 7.05 Å². The SMILES string of the molecule is COCc1cccc(CNCc2cnc(N(C)C)n2C)c1. The molecule has 1 heterocycles. The Labute approximate surface area is 126 Å². The number of aromatic nitrogens is 2. The van der Waals surface area contributed by atoms with Gasteiger partial charge in [0.25, 0.3) is 0 Å². The van der Waals surface area contributed by atoms with Crippen molar-refractivity contribution in [3.05, 3.63) is 47.3 Å². The molecular formula is C16H24N4O. The summed E-state index contributed by atoms with van der Waals surface area (Å²) in [5.41, 5.74) is 3.64. The summed E-state index contributed by atoms with van der Waals surface area (Å²) in [4.78, 5) is 6.42. The smallest absolute Gasteiger partial charge is 0.204 e. The van der Waals surface area contributed by atoms with E-state index in [1.54, 1.807) is 7.11 Å². The predicted octanol–water partition coefficient (Wildman–Crippen LogP) is 1.92. The quantitative estimate of drug-likeness (QED) is 0.845. The van der Waals surface area contributed by atoms with Crippen LogP contribution in [0.1, 0.15) is 16.8 Å². The second kappa shape index (κ2) is 7.24. The molecule has 0 saturated heterocycles. The van der Waals surface area contributed by atoms with E-state index in [1.165, 1.54) is 16.8 Å². The molecule has 1 aromatic carbocycles. The number of nitrogens with zero attached hydrogens (tertiary/aromatic N) is 3. The van der Waals surface area contributed by atoms with E-state index >= 15 is 0 Å². The molecule has 0 saturated carbocycles. The van der Waals surface area contributed by atoms with Crippen LogP contribution in [0.25, 0.3) is 0 Å². The number of ether oxygens (including phenoxy) is 1. The van der Waals surface area contributed by atoms with E-state index in [1.807, 2.05) is 32.2 Å². The molecule has 0 fully saturated rings. The minimum Gasteiger partial charge on any atom is -0.380 e. The highest BCUT2D eigenvalue weighted by molar-refractivity contribution is 5.31. The molecule has 2 rings (SSSR count). The second-order valence-corrected chi connectivity index (χ2v) is 5.36. The predicted molar refractivity (Wildman–Crippen MR) is 85.2 cm³/mol. The first-order valence-electron chi connectivity index (χ1n) is 7.07. The topological polar surface area (TPSA) is 42.3 Å². The van der Waals surface area contributed by atoms with Gasteiger partial charge in [0.1, 0.15) is 0 Å². The molecule has 1 aromatic heterocycles. The molecular weight excluding hydrogens is 264 g/mol. The third-order valence-corrected chi connectivity index (χ3v) is 3.40. The molecule has 0 bridgehead atoms. The van der Waals surface area contributed by atoms with Crippen molar-refractivity contribution in [2.45, 2.75) is 19.7 Å². The van der Waals surface area contributed by atoms with E-state index in [2.05, 4.69) is 39.1 Å². The molecule has 5 heteroatoms. The fourth-order valence-electron chi connectivity index (χ4n) is 2.34. The Morgan fingerprint density at radius 1 is 1.24 bits per heavy atom. The van der Waals surface area contributed by atoms with Crippen LogP contribution < -0.4 is 10.2 Å². The standard InChI is InChI=1S/C16H24N4O/c1-19(2)16-18-11-15(20(16)3)10-17-9-13-6-5-7-14(8-13)12-21-4/h5-8,11,17H,9-10,12H2,1-4H3. The first-order valence-corrected chi connectivity index (χ1v) is 7.07. The molecule has 0 aliphatic carbocycles. The number of benzene rings is 1. The highest BCUT2D eigenvalue weighted by Crippen LogP contribution is 2.11. The van der Waals surface area contributed by atoms with Crippen LogP contribution in [0.4, 0.5) is 5.95 Å². The average Bonchev–Trinajstić information content (AvgIpc) is 2.81. The van der Waals surface area contributed by atoms with Crippen LogP contribution in [0.5, 0.6) is 0 Å². The van der Waals surface area contributed by atoms with Crippen molar-refractivity contribution in [1.29, 1.82) is 0 Å². The van der Waals surface area contributed by atoms with Crippen molar-refractivity contribution < 1.29 is 4.74 Å². The Morgan fingerprint density at radius 2 is 2.00 bits per heavy atom. The van der Waals surface area contributed by atoms with Crippen molar-refractivity contribution in [2.75, 3.05) is 26.1 Å². The van der Waals surface area contributed by atoms with Gasteiger partial charge in [-0.05, 0) is 11.1 Å². The highest BCUT2D eigenvalue weighted by Gasteiger charge is 2.07. The van der Waals surface area contributed by atoms with Gasteiger partial charge in [-0.3, -0.25) is 0 Å². The molecule has 114 valence electrons. The Hall–Kier alpha value is -1.85. The van der Waals surface area contributed by atoms with Gasteiger partial charge in [-0.15, -0.1) is 0 Å². The molecule has 21 heavy (non-hydrogen) atoms. The lowest BCUT2D eigenvalue weighted by molar-refractivity contribution is 0.185. The van der Waals surface area contributed by atoms with Gasteiger partial charge < -0.3 is 19.5 Å². The van der Waals surface area contributed by atoms with E-state index in [0.29, 0.717) is 6.61 Å². The number of imidazole rings is 1. The molecule has 5 nitrogen and oxygen atoms in total. The van der Waals surface area contributed by atoms with E-state index < -0.39 is 0 Å². The number of anilines is 1. The zero-order valence-corrected chi connectivity index (χ0v) is 13.3. The second-order valence-electron chi connectivity index (χ2n) is 5.36. The number of hydrogen-bond donors (Lipinski definition) is 1. The minimum absolute atomic E-state index is 0.655. The zero-order chi connectivity index (χ0) is 15.2. The Morgan fingerprint density at radius 3 is 2.67 bits per heavy atom. The number of hydrogen-bond acceptors (Lipinski definition) is 4. The van der Waals surface area contributed by atoms with Gasteiger partial charge >= 0.3 is 0 Å². The fraction of sp³-hybridized carbons (Fsp3) is 0.438. The van der Waals surface area contributed by atoms with Crippen LogP contribution >= 0.6 is 0 Å². The first kappa shape index (κ1) is 15.5. The molecule has 0 radical (unpaired) electrons. The van der Waals surface area contributed by atoms with Crippen LogP contribution in [0.2, 0.25) is 0 Å². The highest BCUT2D eigenvalue weighted by atomic mass is 16.5. The molecule has 0 amide bonds. The molecule has 0 atom stereocenters. The van der Waals surface area contributed by atoms with Gasteiger partial charge in [-0.2, -0.15) is 0 Å². The van der Waals surface area contributed by atoms with E-state index in [-0.39, 0.29) is 0 Å². The summed E-state index contributed by atoms with van der Waals surface area (Å²) in [7, 11) is 7.76. The molecule has 0 aliphatic heterocycles. The van der Waals surface area contributed by atoms with Gasteiger partial charge in [0.05, 0.1) is 18.5 Å². The summed E-state index contributed by atoms with van der Waals surface area (Å²) in [6, 6.07) is 8.45. The van der Waals surface area contributed by atoms with E-state index in [9.17, 15) is 0 Å². The Balaban J connectivity index is 1.91. The molecule has 2 aromatic rings. The molecule has 0 spiro atoms. The van der Waals surface area contributed by atoms with Crippen molar-refractivity contribution in [1.82, 2.24) is 14.9 Å². The fourth-order valence-corrected chi connectivity index (χ4v) is 2.34. The Kier molecular flexibility index (Phi) is 5.36. The van der Waals surface area contributed by atoms with Gasteiger partial charge in [-0.1, -0.05) is 24.3 Å².